The summed E-state index contributed by atoms with van der Waals surface area (Å²) >= 11 is 1.81. The number of aliphatic imine (C=N–C) groups is 1. The Balaban J connectivity index is 1.28. The van der Waals surface area contributed by atoms with Crippen LogP contribution in [0.25, 0.3) is 0 Å². The number of rotatable bonds is 4. The minimum absolute atomic E-state index is 0.314. The van der Waals surface area contributed by atoms with Gasteiger partial charge in [0.05, 0.1) is 17.7 Å². The zero-order valence-electron chi connectivity index (χ0n) is 16.3. The molecular weight excluding hydrogens is 354 g/mol. The smallest absolute Gasteiger partial charge is 0.103 e. The van der Waals surface area contributed by atoms with E-state index in [4.69, 9.17) is 9.73 Å². The van der Waals surface area contributed by atoms with E-state index >= 15 is 0 Å². The topological polar surface area (TPSA) is 46.5 Å². The average Bonchev–Trinajstić information content (AvgIpc) is 3.38. The molecule has 3 heterocycles. The van der Waals surface area contributed by atoms with Crippen molar-refractivity contribution in [3.63, 3.8) is 0 Å². The minimum atomic E-state index is 0.314. The first-order chi connectivity index (χ1) is 13.4. The molecule has 0 spiro atoms. The number of thiazole rings is 1. The molecule has 0 amide bonds. The van der Waals surface area contributed by atoms with Crippen LogP contribution >= 0.6 is 11.3 Å². The molecule has 5 heteroatoms. The zero-order chi connectivity index (χ0) is 18.1. The van der Waals surface area contributed by atoms with Crippen LogP contribution in [0.15, 0.2) is 16.7 Å². The van der Waals surface area contributed by atoms with Crippen molar-refractivity contribution in [2.45, 2.75) is 88.5 Å². The molecule has 0 radical (unpaired) electrons. The highest BCUT2D eigenvalue weighted by molar-refractivity contribution is 7.09. The third kappa shape index (κ3) is 3.88. The molecule has 4 aliphatic rings. The van der Waals surface area contributed by atoms with Crippen molar-refractivity contribution in [3.8, 4) is 0 Å². The van der Waals surface area contributed by atoms with Gasteiger partial charge in [0.2, 0.25) is 0 Å². The van der Waals surface area contributed by atoms with Crippen LogP contribution in [-0.4, -0.2) is 36.1 Å². The van der Waals surface area contributed by atoms with E-state index in [0.29, 0.717) is 42.0 Å². The van der Waals surface area contributed by atoms with Gasteiger partial charge in [0.15, 0.2) is 0 Å². The summed E-state index contributed by atoms with van der Waals surface area (Å²) in [4.78, 5) is 10.7. The Bertz CT molecular complexity index is 628. The SMILES string of the molecule is C1=NC2NCC(c3cncs3)C2CC1C1CCCCC1OC1CCCCC1. The molecule has 3 fully saturated rings. The van der Waals surface area contributed by atoms with Gasteiger partial charge in [0.1, 0.15) is 6.17 Å². The van der Waals surface area contributed by atoms with Crippen LogP contribution in [0.1, 0.15) is 75.0 Å². The molecule has 1 saturated heterocycles. The highest BCUT2D eigenvalue weighted by Crippen LogP contribution is 2.44. The van der Waals surface area contributed by atoms with Gasteiger partial charge in [-0.25, -0.2) is 0 Å². The summed E-state index contributed by atoms with van der Waals surface area (Å²) in [5.74, 6) is 2.48. The van der Waals surface area contributed by atoms with Crippen molar-refractivity contribution in [2.75, 3.05) is 6.54 Å². The summed E-state index contributed by atoms with van der Waals surface area (Å²) in [7, 11) is 0. The Morgan fingerprint density at radius 2 is 1.85 bits per heavy atom. The summed E-state index contributed by atoms with van der Waals surface area (Å²) in [6.45, 7) is 1.05. The molecule has 2 aliphatic heterocycles. The normalized spacial score (nSPS) is 40.1. The fourth-order valence-electron chi connectivity index (χ4n) is 6.04. The fourth-order valence-corrected chi connectivity index (χ4v) is 6.84. The second-order valence-electron chi connectivity index (χ2n) is 9.11. The van der Waals surface area contributed by atoms with Crippen LogP contribution in [0.5, 0.6) is 0 Å². The van der Waals surface area contributed by atoms with E-state index in [9.17, 15) is 0 Å². The van der Waals surface area contributed by atoms with Gasteiger partial charge >= 0.3 is 0 Å². The molecule has 5 rings (SSSR count). The number of ether oxygens (including phenoxy) is 1. The number of hydrogen-bond donors (Lipinski definition) is 1. The van der Waals surface area contributed by atoms with Gasteiger partial charge in [0, 0.05) is 35.7 Å². The van der Waals surface area contributed by atoms with Gasteiger partial charge in [-0.3, -0.25) is 15.3 Å². The summed E-state index contributed by atoms with van der Waals surface area (Å²) < 4.78 is 6.72. The van der Waals surface area contributed by atoms with E-state index in [1.807, 2.05) is 16.8 Å². The first-order valence-corrected chi connectivity index (χ1v) is 12.1. The van der Waals surface area contributed by atoms with Crippen molar-refractivity contribution in [2.24, 2.45) is 22.7 Å². The Labute approximate surface area is 167 Å². The second-order valence-corrected chi connectivity index (χ2v) is 10.0. The number of fused-ring (bicyclic) bond motifs is 1. The predicted molar refractivity (Wildman–Crippen MR) is 110 cm³/mol. The maximum absolute atomic E-state index is 6.72. The molecule has 4 nitrogen and oxygen atoms in total. The number of aromatic nitrogens is 1. The molecule has 27 heavy (non-hydrogen) atoms. The summed E-state index contributed by atoms with van der Waals surface area (Å²) in [6.07, 6.45) is 18.9. The van der Waals surface area contributed by atoms with Gasteiger partial charge in [0.25, 0.3) is 0 Å². The molecule has 0 aromatic carbocycles. The van der Waals surface area contributed by atoms with Gasteiger partial charge in [-0.05, 0) is 43.9 Å². The predicted octanol–water partition coefficient (Wildman–Crippen LogP) is 4.77. The first-order valence-electron chi connectivity index (χ1n) is 11.2. The number of nitrogens with one attached hydrogen (secondary N) is 1. The molecule has 2 saturated carbocycles. The lowest BCUT2D eigenvalue weighted by Gasteiger charge is -2.41. The quantitative estimate of drug-likeness (QED) is 0.809. The van der Waals surface area contributed by atoms with Crippen molar-refractivity contribution >= 4 is 17.6 Å². The van der Waals surface area contributed by atoms with Crippen molar-refractivity contribution in [1.29, 1.82) is 0 Å². The molecule has 1 N–H and O–H groups in total. The summed E-state index contributed by atoms with van der Waals surface area (Å²) in [6, 6.07) is 0. The number of nitrogens with zero attached hydrogens (tertiary/aromatic N) is 2. The Hall–Kier alpha value is -0.780. The standard InChI is InChI=1S/C22H33N3OS/c1-2-6-16(7-3-1)26-20-9-5-4-8-17(20)15-10-18-19(21-13-23-14-27-21)12-25-22(18)24-11-15/h11,13-20,22,25H,1-10,12H2. The lowest BCUT2D eigenvalue weighted by Crippen LogP contribution is -2.41. The van der Waals surface area contributed by atoms with E-state index in [1.54, 1.807) is 0 Å². The van der Waals surface area contributed by atoms with Gasteiger partial charge in [-0.15, -0.1) is 11.3 Å². The van der Waals surface area contributed by atoms with Gasteiger partial charge in [-0.2, -0.15) is 0 Å². The largest absolute Gasteiger partial charge is 0.375 e. The van der Waals surface area contributed by atoms with E-state index in [1.165, 1.54) is 69.1 Å². The molecular formula is C22H33N3OS. The van der Waals surface area contributed by atoms with Crippen LogP contribution in [0.3, 0.4) is 0 Å². The Morgan fingerprint density at radius 1 is 1.00 bits per heavy atom. The second kappa shape index (κ2) is 8.30. The molecule has 0 bridgehead atoms. The Kier molecular flexibility index (Phi) is 5.61. The zero-order valence-corrected chi connectivity index (χ0v) is 17.1. The van der Waals surface area contributed by atoms with Crippen LogP contribution in [-0.2, 0) is 4.74 Å². The minimum Gasteiger partial charge on any atom is -0.375 e. The monoisotopic (exact) mass is 387 g/mol. The molecule has 1 aromatic rings. The maximum atomic E-state index is 6.72. The van der Waals surface area contributed by atoms with E-state index in [2.05, 4.69) is 22.7 Å². The van der Waals surface area contributed by atoms with Crippen LogP contribution in [0.2, 0.25) is 0 Å². The molecule has 6 atom stereocenters. The van der Waals surface area contributed by atoms with Gasteiger partial charge in [-0.1, -0.05) is 32.1 Å². The van der Waals surface area contributed by atoms with Crippen LogP contribution in [0, 0.1) is 17.8 Å². The lowest BCUT2D eigenvalue weighted by atomic mass is 9.72. The van der Waals surface area contributed by atoms with Crippen LogP contribution < -0.4 is 5.32 Å². The average molecular weight is 388 g/mol. The highest BCUT2D eigenvalue weighted by Gasteiger charge is 2.44. The van der Waals surface area contributed by atoms with E-state index in [-0.39, 0.29) is 0 Å². The third-order valence-electron chi connectivity index (χ3n) is 7.49. The van der Waals surface area contributed by atoms with E-state index in [0.717, 1.165) is 6.54 Å². The summed E-state index contributed by atoms with van der Waals surface area (Å²) in [5.41, 5.74) is 1.97. The van der Waals surface area contributed by atoms with Crippen molar-refractivity contribution in [3.05, 3.63) is 16.6 Å². The maximum Gasteiger partial charge on any atom is 0.103 e. The Morgan fingerprint density at radius 3 is 2.70 bits per heavy atom. The molecule has 2 aliphatic carbocycles. The highest BCUT2D eigenvalue weighted by atomic mass is 32.1. The van der Waals surface area contributed by atoms with Crippen LogP contribution in [0.4, 0.5) is 0 Å². The van der Waals surface area contributed by atoms with Crippen molar-refractivity contribution in [1.82, 2.24) is 10.3 Å². The number of hydrogen-bond acceptors (Lipinski definition) is 5. The summed E-state index contributed by atoms with van der Waals surface area (Å²) in [5, 5.41) is 3.65. The molecule has 1 aromatic heterocycles. The van der Waals surface area contributed by atoms with E-state index < -0.39 is 0 Å². The lowest BCUT2D eigenvalue weighted by molar-refractivity contribution is -0.0811. The molecule has 148 valence electrons. The third-order valence-corrected chi connectivity index (χ3v) is 8.40. The fraction of sp³-hybridized carbons (Fsp3) is 0.818. The molecule has 6 unspecified atom stereocenters. The van der Waals surface area contributed by atoms with Gasteiger partial charge < -0.3 is 4.74 Å². The first kappa shape index (κ1) is 18.3. The van der Waals surface area contributed by atoms with Crippen molar-refractivity contribution < 1.29 is 4.74 Å².